The molecular formula is C18H10N2OS2. The van der Waals surface area contributed by atoms with Crippen LogP contribution in [0.5, 0.6) is 0 Å². The molecule has 0 N–H and O–H groups in total. The molecule has 0 aliphatic rings. The first-order valence-corrected chi connectivity index (χ1v) is 8.84. The van der Waals surface area contributed by atoms with Gasteiger partial charge in [-0.05, 0) is 23.8 Å². The van der Waals surface area contributed by atoms with Gasteiger partial charge in [-0.15, -0.1) is 11.3 Å². The number of para-hydroxylation sites is 1. The van der Waals surface area contributed by atoms with Gasteiger partial charge in [-0.25, -0.2) is 4.98 Å². The number of thiazole rings is 1. The molecule has 0 aliphatic carbocycles. The molecule has 3 heterocycles. The average molecular weight is 334 g/mol. The van der Waals surface area contributed by atoms with Crippen molar-refractivity contribution >= 4 is 48.1 Å². The Morgan fingerprint density at radius 1 is 0.913 bits per heavy atom. The Hall–Kier alpha value is -2.50. The molecule has 2 aromatic carbocycles. The molecule has 0 saturated carbocycles. The quantitative estimate of drug-likeness (QED) is 0.442. The van der Waals surface area contributed by atoms with Crippen LogP contribution in [0, 0.1) is 0 Å². The van der Waals surface area contributed by atoms with Gasteiger partial charge in [0.05, 0.1) is 15.6 Å². The summed E-state index contributed by atoms with van der Waals surface area (Å²) in [6.07, 6.45) is 0. The molecule has 110 valence electrons. The minimum absolute atomic E-state index is 0.0147. The third-order valence-corrected chi connectivity index (χ3v) is 6.00. The van der Waals surface area contributed by atoms with Crippen molar-refractivity contribution in [3.8, 4) is 10.4 Å². The molecule has 3 aromatic heterocycles. The van der Waals surface area contributed by atoms with Crippen molar-refractivity contribution in [2.75, 3.05) is 0 Å². The smallest absolute Gasteiger partial charge is 0.267 e. The zero-order chi connectivity index (χ0) is 15.4. The second-order valence-electron chi connectivity index (χ2n) is 5.30. The van der Waals surface area contributed by atoms with Crippen molar-refractivity contribution in [3.05, 3.63) is 71.0 Å². The number of aromatic nitrogens is 2. The Balaban J connectivity index is 1.89. The molecule has 0 amide bonds. The zero-order valence-electron chi connectivity index (χ0n) is 11.9. The van der Waals surface area contributed by atoms with Gasteiger partial charge in [-0.2, -0.15) is 0 Å². The van der Waals surface area contributed by atoms with E-state index in [1.807, 2.05) is 48.5 Å². The molecule has 0 bridgehead atoms. The number of hydrogen-bond donors (Lipinski definition) is 0. The van der Waals surface area contributed by atoms with Gasteiger partial charge in [0.15, 0.2) is 4.96 Å². The van der Waals surface area contributed by atoms with E-state index in [2.05, 4.69) is 12.1 Å². The standard InChI is InChI=1S/C18H10N2OS2/c21-17-12-10-15(11-6-2-1-3-7-11)22-16(12)19-18-20(17)13-8-4-5-9-14(13)23-18/h1-10H. The highest BCUT2D eigenvalue weighted by Crippen LogP contribution is 2.32. The van der Waals surface area contributed by atoms with Gasteiger partial charge >= 0.3 is 0 Å². The lowest BCUT2D eigenvalue weighted by atomic mass is 10.2. The van der Waals surface area contributed by atoms with E-state index < -0.39 is 0 Å². The van der Waals surface area contributed by atoms with Gasteiger partial charge in [0, 0.05) is 4.88 Å². The lowest BCUT2D eigenvalue weighted by Crippen LogP contribution is -2.12. The maximum Gasteiger partial charge on any atom is 0.267 e. The third kappa shape index (κ3) is 1.87. The van der Waals surface area contributed by atoms with Crippen LogP contribution in [0.4, 0.5) is 0 Å². The molecule has 0 atom stereocenters. The van der Waals surface area contributed by atoms with Gasteiger partial charge in [0.2, 0.25) is 0 Å². The summed E-state index contributed by atoms with van der Waals surface area (Å²) in [7, 11) is 0. The van der Waals surface area contributed by atoms with E-state index in [1.165, 1.54) is 0 Å². The van der Waals surface area contributed by atoms with E-state index >= 15 is 0 Å². The lowest BCUT2D eigenvalue weighted by Gasteiger charge is -1.94. The van der Waals surface area contributed by atoms with Gasteiger partial charge in [-0.3, -0.25) is 9.20 Å². The number of benzene rings is 2. The summed E-state index contributed by atoms with van der Waals surface area (Å²) in [6, 6.07) is 20.0. The molecule has 5 heteroatoms. The molecule has 0 radical (unpaired) electrons. The van der Waals surface area contributed by atoms with E-state index in [1.54, 1.807) is 27.1 Å². The van der Waals surface area contributed by atoms with Crippen LogP contribution in [0.15, 0.2) is 65.5 Å². The summed E-state index contributed by atoms with van der Waals surface area (Å²) in [6.45, 7) is 0. The van der Waals surface area contributed by atoms with E-state index in [9.17, 15) is 4.79 Å². The Kier molecular flexibility index (Phi) is 2.68. The Morgan fingerprint density at radius 3 is 2.57 bits per heavy atom. The normalized spacial score (nSPS) is 11.7. The predicted octanol–water partition coefficient (Wildman–Crippen LogP) is 4.79. The minimum Gasteiger partial charge on any atom is -0.268 e. The van der Waals surface area contributed by atoms with Crippen LogP contribution >= 0.6 is 22.7 Å². The largest absolute Gasteiger partial charge is 0.268 e. The fraction of sp³-hybridized carbons (Fsp3) is 0. The Labute approximate surface area is 139 Å². The van der Waals surface area contributed by atoms with E-state index in [-0.39, 0.29) is 5.56 Å². The second-order valence-corrected chi connectivity index (χ2v) is 7.34. The fourth-order valence-corrected chi connectivity index (χ4v) is 4.92. The number of rotatable bonds is 1. The molecule has 5 aromatic rings. The summed E-state index contributed by atoms with van der Waals surface area (Å²) < 4.78 is 2.81. The van der Waals surface area contributed by atoms with Gasteiger partial charge in [-0.1, -0.05) is 53.8 Å². The highest BCUT2D eigenvalue weighted by molar-refractivity contribution is 7.24. The van der Waals surface area contributed by atoms with Gasteiger partial charge < -0.3 is 0 Å². The monoisotopic (exact) mass is 334 g/mol. The number of hydrogen-bond acceptors (Lipinski definition) is 4. The van der Waals surface area contributed by atoms with Crippen molar-refractivity contribution in [2.24, 2.45) is 0 Å². The minimum atomic E-state index is 0.0147. The van der Waals surface area contributed by atoms with Crippen LogP contribution in [-0.2, 0) is 0 Å². The molecule has 0 saturated heterocycles. The Morgan fingerprint density at radius 2 is 1.70 bits per heavy atom. The summed E-state index contributed by atoms with van der Waals surface area (Å²) >= 11 is 3.13. The highest BCUT2D eigenvalue weighted by atomic mass is 32.1. The first-order chi connectivity index (χ1) is 11.3. The van der Waals surface area contributed by atoms with E-state index in [4.69, 9.17) is 4.98 Å². The second kappa shape index (κ2) is 4.75. The fourth-order valence-electron chi connectivity index (χ4n) is 2.81. The summed E-state index contributed by atoms with van der Waals surface area (Å²) in [5.74, 6) is 0. The number of thiophene rings is 1. The summed E-state index contributed by atoms with van der Waals surface area (Å²) in [5, 5.41) is 0.690. The molecular weight excluding hydrogens is 324 g/mol. The van der Waals surface area contributed by atoms with Crippen LogP contribution in [0.1, 0.15) is 0 Å². The van der Waals surface area contributed by atoms with Crippen molar-refractivity contribution in [1.29, 1.82) is 0 Å². The molecule has 0 spiro atoms. The molecule has 3 nitrogen and oxygen atoms in total. The highest BCUT2D eigenvalue weighted by Gasteiger charge is 2.14. The molecule has 0 fully saturated rings. The van der Waals surface area contributed by atoms with Crippen LogP contribution < -0.4 is 5.56 Å². The maximum atomic E-state index is 12.9. The van der Waals surface area contributed by atoms with Gasteiger partial charge in [0.25, 0.3) is 5.56 Å². The summed E-state index contributed by atoms with van der Waals surface area (Å²) in [4.78, 5) is 20.3. The molecule has 23 heavy (non-hydrogen) atoms. The first-order valence-electron chi connectivity index (χ1n) is 7.20. The van der Waals surface area contributed by atoms with E-state index in [0.717, 1.165) is 30.4 Å². The van der Waals surface area contributed by atoms with Crippen LogP contribution in [0.3, 0.4) is 0 Å². The molecule has 0 aliphatic heterocycles. The molecule has 5 rings (SSSR count). The SMILES string of the molecule is O=c1c2cc(-c3ccccc3)sc2nc2sc3ccccc3n12. The third-order valence-electron chi connectivity index (χ3n) is 3.90. The topological polar surface area (TPSA) is 34.4 Å². The van der Waals surface area contributed by atoms with Crippen molar-refractivity contribution in [1.82, 2.24) is 9.38 Å². The molecule has 0 unspecified atom stereocenters. The lowest BCUT2D eigenvalue weighted by molar-refractivity contribution is 1.17. The predicted molar refractivity (Wildman–Crippen MR) is 97.7 cm³/mol. The summed E-state index contributed by atoms with van der Waals surface area (Å²) in [5.41, 5.74) is 2.06. The maximum absolute atomic E-state index is 12.9. The van der Waals surface area contributed by atoms with Crippen molar-refractivity contribution in [3.63, 3.8) is 0 Å². The van der Waals surface area contributed by atoms with Crippen molar-refractivity contribution < 1.29 is 0 Å². The van der Waals surface area contributed by atoms with Crippen LogP contribution in [0.2, 0.25) is 0 Å². The number of nitrogens with zero attached hydrogens (tertiary/aromatic N) is 2. The Bertz CT molecular complexity index is 1230. The van der Waals surface area contributed by atoms with E-state index in [0.29, 0.717) is 5.39 Å². The average Bonchev–Trinajstić information content (AvgIpc) is 3.17. The number of fused-ring (bicyclic) bond motifs is 4. The van der Waals surface area contributed by atoms with Crippen LogP contribution in [0.25, 0.3) is 35.8 Å². The van der Waals surface area contributed by atoms with Crippen LogP contribution in [-0.4, -0.2) is 9.38 Å². The van der Waals surface area contributed by atoms with Gasteiger partial charge in [0.1, 0.15) is 4.83 Å². The zero-order valence-corrected chi connectivity index (χ0v) is 13.5. The van der Waals surface area contributed by atoms with Crippen molar-refractivity contribution in [2.45, 2.75) is 0 Å². The first kappa shape index (κ1) is 13.0.